The lowest BCUT2D eigenvalue weighted by Crippen LogP contribution is -2.12. The van der Waals surface area contributed by atoms with Crippen LogP contribution in [0.25, 0.3) is 10.8 Å². The summed E-state index contributed by atoms with van der Waals surface area (Å²) in [6.07, 6.45) is 19.8. The van der Waals surface area contributed by atoms with E-state index in [1.165, 1.54) is 0 Å². The molecule has 0 saturated heterocycles. The molecule has 0 aromatic heterocycles. The molecule has 2 aliphatic carbocycles. The van der Waals surface area contributed by atoms with Crippen molar-refractivity contribution < 1.29 is 19.1 Å². The molecule has 2 aromatic rings. The summed E-state index contributed by atoms with van der Waals surface area (Å²) in [4.78, 5) is 25.3. The Bertz CT molecular complexity index is 1080. The standard InChI is InChI=1S/C26H20O4/c27-25(20-11-5-1-2-6-12-20)29-22-17-9-15-19-16-10-18-23(24(19)22)30-26(28)21-13-7-3-4-8-14-21/h1,3,5-18H,2,4H2. The molecular weight excluding hydrogens is 376 g/mol. The van der Waals surface area contributed by atoms with Gasteiger partial charge in [-0.25, -0.2) is 9.59 Å². The van der Waals surface area contributed by atoms with Crippen LogP contribution in [0.1, 0.15) is 12.8 Å². The summed E-state index contributed by atoms with van der Waals surface area (Å²) in [5.74, 6) is -0.251. The summed E-state index contributed by atoms with van der Waals surface area (Å²) in [6, 6.07) is 10.8. The number of ether oxygens (including phenoxy) is 2. The van der Waals surface area contributed by atoms with Gasteiger partial charge in [0.05, 0.1) is 16.5 Å². The maximum atomic E-state index is 12.7. The van der Waals surface area contributed by atoms with Crippen LogP contribution in [0.3, 0.4) is 0 Å². The molecule has 0 bridgehead atoms. The summed E-state index contributed by atoms with van der Waals surface area (Å²) < 4.78 is 11.4. The molecule has 4 rings (SSSR count). The van der Waals surface area contributed by atoms with Crippen LogP contribution in [-0.2, 0) is 9.59 Å². The van der Waals surface area contributed by atoms with E-state index in [4.69, 9.17) is 9.47 Å². The van der Waals surface area contributed by atoms with E-state index in [1.807, 2.05) is 48.6 Å². The van der Waals surface area contributed by atoms with Crippen LogP contribution in [0.15, 0.2) is 108 Å². The van der Waals surface area contributed by atoms with E-state index in [2.05, 4.69) is 0 Å². The Labute approximate surface area is 174 Å². The number of esters is 2. The Morgan fingerprint density at radius 2 is 1.17 bits per heavy atom. The molecule has 0 radical (unpaired) electrons. The van der Waals surface area contributed by atoms with E-state index in [0.717, 1.165) is 18.2 Å². The summed E-state index contributed by atoms with van der Waals surface area (Å²) in [7, 11) is 0. The van der Waals surface area contributed by atoms with Crippen LogP contribution < -0.4 is 9.47 Å². The van der Waals surface area contributed by atoms with Crippen LogP contribution in [0, 0.1) is 0 Å². The van der Waals surface area contributed by atoms with Crippen LogP contribution in [0.2, 0.25) is 0 Å². The molecule has 0 spiro atoms. The average Bonchev–Trinajstić information content (AvgIpc) is 3.20. The number of fused-ring (bicyclic) bond motifs is 1. The molecule has 0 amide bonds. The smallest absolute Gasteiger partial charge is 0.343 e. The predicted octanol–water partition coefficient (Wildman–Crippen LogP) is 5.54. The topological polar surface area (TPSA) is 52.6 Å². The first-order chi connectivity index (χ1) is 14.7. The van der Waals surface area contributed by atoms with E-state index >= 15 is 0 Å². The highest BCUT2D eigenvalue weighted by molar-refractivity contribution is 6.01. The van der Waals surface area contributed by atoms with E-state index < -0.39 is 11.9 Å². The molecule has 2 aliphatic rings. The van der Waals surface area contributed by atoms with Gasteiger partial charge >= 0.3 is 11.9 Å². The first-order valence-electron chi connectivity index (χ1n) is 9.75. The van der Waals surface area contributed by atoms with Gasteiger partial charge in [0, 0.05) is 0 Å². The number of hydrogen-bond donors (Lipinski definition) is 0. The zero-order valence-corrected chi connectivity index (χ0v) is 16.3. The van der Waals surface area contributed by atoms with Gasteiger partial charge in [-0.15, -0.1) is 0 Å². The molecule has 0 saturated carbocycles. The SMILES string of the molecule is O=C(Oc1cccc2cccc(OC(=O)C3=CC=CCC=C3)c12)C1=CC=CCC=C1. The monoisotopic (exact) mass is 396 g/mol. The summed E-state index contributed by atoms with van der Waals surface area (Å²) in [5.41, 5.74) is 0.909. The van der Waals surface area contributed by atoms with Gasteiger partial charge in [-0.3, -0.25) is 0 Å². The Kier molecular flexibility index (Phi) is 5.85. The first-order valence-corrected chi connectivity index (χ1v) is 9.75. The highest BCUT2D eigenvalue weighted by atomic mass is 16.5. The zero-order chi connectivity index (χ0) is 20.8. The average molecular weight is 396 g/mol. The number of rotatable bonds is 4. The van der Waals surface area contributed by atoms with Gasteiger partial charge < -0.3 is 9.47 Å². The lowest BCUT2D eigenvalue weighted by molar-refractivity contribution is -0.130. The van der Waals surface area contributed by atoms with Crippen LogP contribution in [-0.4, -0.2) is 11.9 Å². The molecule has 2 aromatic carbocycles. The van der Waals surface area contributed by atoms with Crippen molar-refractivity contribution in [2.45, 2.75) is 12.8 Å². The maximum absolute atomic E-state index is 12.7. The first kappa shape index (κ1) is 19.4. The van der Waals surface area contributed by atoms with Crippen molar-refractivity contribution in [1.29, 1.82) is 0 Å². The van der Waals surface area contributed by atoms with Gasteiger partial charge in [-0.05, 0) is 42.5 Å². The van der Waals surface area contributed by atoms with Gasteiger partial charge in [0.2, 0.25) is 0 Å². The number of carbonyl (C=O) groups is 2. The maximum Gasteiger partial charge on any atom is 0.343 e. The Balaban J connectivity index is 1.66. The number of allylic oxidation sites excluding steroid dienone is 8. The molecular formula is C26H20O4. The third kappa shape index (κ3) is 4.39. The van der Waals surface area contributed by atoms with Gasteiger partial charge in [0.15, 0.2) is 0 Å². The van der Waals surface area contributed by atoms with Crippen molar-refractivity contribution >= 4 is 22.7 Å². The van der Waals surface area contributed by atoms with E-state index in [9.17, 15) is 9.59 Å². The minimum Gasteiger partial charge on any atom is -0.422 e. The second kappa shape index (κ2) is 9.05. The lowest BCUT2D eigenvalue weighted by Gasteiger charge is -2.12. The van der Waals surface area contributed by atoms with Crippen molar-refractivity contribution in [1.82, 2.24) is 0 Å². The highest BCUT2D eigenvalue weighted by Crippen LogP contribution is 2.35. The Morgan fingerprint density at radius 3 is 1.67 bits per heavy atom. The number of hydrogen-bond acceptors (Lipinski definition) is 4. The fraction of sp³-hybridized carbons (Fsp3) is 0.0769. The van der Waals surface area contributed by atoms with Gasteiger partial charge in [-0.1, -0.05) is 72.9 Å². The second-order valence-corrected chi connectivity index (χ2v) is 6.77. The molecule has 4 nitrogen and oxygen atoms in total. The van der Waals surface area contributed by atoms with E-state index in [-0.39, 0.29) is 0 Å². The summed E-state index contributed by atoms with van der Waals surface area (Å²) >= 11 is 0. The van der Waals surface area contributed by atoms with Crippen LogP contribution in [0.4, 0.5) is 0 Å². The summed E-state index contributed by atoms with van der Waals surface area (Å²) in [5, 5.41) is 1.38. The van der Waals surface area contributed by atoms with Crippen LogP contribution in [0.5, 0.6) is 11.5 Å². The van der Waals surface area contributed by atoms with Gasteiger partial charge in [0.25, 0.3) is 0 Å². The zero-order valence-electron chi connectivity index (χ0n) is 16.3. The molecule has 0 aliphatic heterocycles. The predicted molar refractivity (Wildman–Crippen MR) is 117 cm³/mol. The Hall–Kier alpha value is -3.92. The second-order valence-electron chi connectivity index (χ2n) is 6.77. The van der Waals surface area contributed by atoms with Crippen molar-refractivity contribution in [3.8, 4) is 11.5 Å². The third-order valence-electron chi connectivity index (χ3n) is 4.67. The normalized spacial score (nSPS) is 15.2. The van der Waals surface area contributed by atoms with Crippen molar-refractivity contribution in [3.63, 3.8) is 0 Å². The molecule has 4 heteroatoms. The molecule has 0 atom stereocenters. The molecule has 0 N–H and O–H groups in total. The molecule has 0 heterocycles. The van der Waals surface area contributed by atoms with Crippen molar-refractivity contribution in [2.75, 3.05) is 0 Å². The molecule has 0 unspecified atom stereocenters. The molecule has 148 valence electrons. The van der Waals surface area contributed by atoms with E-state index in [0.29, 0.717) is 28.0 Å². The minimum atomic E-state index is -0.467. The van der Waals surface area contributed by atoms with E-state index in [1.54, 1.807) is 48.6 Å². The largest absolute Gasteiger partial charge is 0.422 e. The van der Waals surface area contributed by atoms with Crippen molar-refractivity contribution in [3.05, 3.63) is 108 Å². The minimum absolute atomic E-state index is 0.341. The summed E-state index contributed by atoms with van der Waals surface area (Å²) in [6.45, 7) is 0. The number of benzene rings is 2. The highest BCUT2D eigenvalue weighted by Gasteiger charge is 2.17. The number of carbonyl (C=O) groups excluding carboxylic acids is 2. The molecule has 0 fully saturated rings. The van der Waals surface area contributed by atoms with Crippen LogP contribution >= 0.6 is 0 Å². The van der Waals surface area contributed by atoms with Crippen molar-refractivity contribution in [2.24, 2.45) is 0 Å². The fourth-order valence-electron chi connectivity index (χ4n) is 3.19. The fourth-order valence-corrected chi connectivity index (χ4v) is 3.19. The quantitative estimate of drug-likeness (QED) is 0.503. The third-order valence-corrected chi connectivity index (χ3v) is 4.67. The Morgan fingerprint density at radius 1 is 0.667 bits per heavy atom. The van der Waals surface area contributed by atoms with Gasteiger partial charge in [-0.2, -0.15) is 0 Å². The van der Waals surface area contributed by atoms with Gasteiger partial charge in [0.1, 0.15) is 11.5 Å². The molecule has 30 heavy (non-hydrogen) atoms. The lowest BCUT2D eigenvalue weighted by atomic mass is 10.1.